The van der Waals surface area contributed by atoms with Gasteiger partial charge >= 0.3 is 5.97 Å². The molecule has 0 spiro atoms. The summed E-state index contributed by atoms with van der Waals surface area (Å²) in [5.74, 6) is -9.67. The van der Waals surface area contributed by atoms with E-state index in [0.717, 1.165) is 0 Å². The van der Waals surface area contributed by atoms with Crippen LogP contribution in [-0.4, -0.2) is 80.6 Å². The van der Waals surface area contributed by atoms with E-state index in [1.54, 1.807) is 19.1 Å². The van der Waals surface area contributed by atoms with Crippen molar-refractivity contribution in [3.8, 4) is 5.75 Å². The molecule has 1 unspecified atom stereocenters. The van der Waals surface area contributed by atoms with Gasteiger partial charge in [-0.15, -0.1) is 0 Å². The number of primary amides is 1. The highest BCUT2D eigenvalue weighted by Gasteiger charge is 2.68. The quantitative estimate of drug-likeness (QED) is 0.289. The number of fused-ring (bicyclic) bond motifs is 3. The number of nitrogens with zero attached hydrogens (tertiary/aromatic N) is 1. The van der Waals surface area contributed by atoms with Crippen LogP contribution in [0, 0.1) is 11.8 Å². The number of likely N-dealkylation sites (N-methyl/N-ethyl adjacent to an activating group) is 1. The summed E-state index contributed by atoms with van der Waals surface area (Å²) >= 11 is 0. The van der Waals surface area contributed by atoms with Gasteiger partial charge in [0.2, 0.25) is 5.78 Å². The Hall–Kier alpha value is -3.70. The number of amides is 1. The molecule has 0 aliphatic heterocycles. The number of carbonyl (C=O) groups excluding carboxylic acids is 4. The van der Waals surface area contributed by atoms with E-state index < -0.39 is 81.6 Å². The van der Waals surface area contributed by atoms with Crippen LogP contribution in [0.1, 0.15) is 42.1 Å². The number of benzene rings is 1. The van der Waals surface area contributed by atoms with Crippen molar-refractivity contribution in [3.05, 3.63) is 52.0 Å². The van der Waals surface area contributed by atoms with Crippen molar-refractivity contribution in [1.82, 2.24) is 4.90 Å². The second-order valence-corrected chi connectivity index (χ2v) is 9.61. The van der Waals surface area contributed by atoms with Crippen LogP contribution < -0.4 is 5.73 Å². The van der Waals surface area contributed by atoms with E-state index in [2.05, 4.69) is 0 Å². The second-order valence-electron chi connectivity index (χ2n) is 9.61. The molecule has 3 aliphatic rings. The highest BCUT2D eigenvalue weighted by Crippen LogP contribution is 2.56. The van der Waals surface area contributed by atoms with E-state index >= 15 is 0 Å². The zero-order valence-corrected chi connectivity index (χ0v) is 20.2. The SMILES string of the molecule is CCC(=O)O[C@@H]1[C@H]2[C@H](N(C)C)C(O)=C(C(N)=O)C(=O)[C@@]2(O)C(O)=C2C(=O)c3c(O)cccc3C(C)[C@H]21. The summed E-state index contributed by atoms with van der Waals surface area (Å²) in [4.78, 5) is 53.2. The van der Waals surface area contributed by atoms with Crippen LogP contribution in [0.4, 0.5) is 0 Å². The first kappa shape index (κ1) is 25.4. The molecule has 6 atom stereocenters. The lowest BCUT2D eigenvalue weighted by atomic mass is 9.55. The average molecular weight is 501 g/mol. The Balaban J connectivity index is 2.11. The van der Waals surface area contributed by atoms with Gasteiger partial charge in [-0.25, -0.2) is 0 Å². The maximum absolute atomic E-state index is 13.6. The average Bonchev–Trinajstić information content (AvgIpc) is 2.80. The Morgan fingerprint density at radius 1 is 1.17 bits per heavy atom. The van der Waals surface area contributed by atoms with E-state index in [4.69, 9.17) is 10.5 Å². The number of rotatable bonds is 4. The van der Waals surface area contributed by atoms with Crippen molar-refractivity contribution in [2.75, 3.05) is 14.1 Å². The molecule has 192 valence electrons. The largest absolute Gasteiger partial charge is 0.510 e. The smallest absolute Gasteiger partial charge is 0.305 e. The number of phenols is 1. The Morgan fingerprint density at radius 2 is 1.81 bits per heavy atom. The van der Waals surface area contributed by atoms with Crippen LogP contribution in [-0.2, 0) is 19.1 Å². The van der Waals surface area contributed by atoms with E-state index in [0.29, 0.717) is 5.56 Å². The van der Waals surface area contributed by atoms with Crippen molar-refractivity contribution in [1.29, 1.82) is 0 Å². The van der Waals surface area contributed by atoms with Gasteiger partial charge in [-0.3, -0.25) is 24.1 Å². The molecule has 3 aliphatic carbocycles. The number of aromatic hydroxyl groups is 1. The zero-order valence-electron chi connectivity index (χ0n) is 20.2. The summed E-state index contributed by atoms with van der Waals surface area (Å²) in [6.45, 7) is 3.23. The third kappa shape index (κ3) is 3.19. The number of ketones is 2. The number of aliphatic hydroxyl groups is 3. The Kier molecular flexibility index (Phi) is 5.96. The summed E-state index contributed by atoms with van der Waals surface area (Å²) in [6.07, 6.45) is -1.47. The normalized spacial score (nSPS) is 31.7. The van der Waals surface area contributed by atoms with Gasteiger partial charge in [0.05, 0.1) is 17.5 Å². The minimum Gasteiger partial charge on any atom is -0.510 e. The molecule has 1 amide bonds. The molecule has 36 heavy (non-hydrogen) atoms. The van der Waals surface area contributed by atoms with Crippen LogP contribution in [0.3, 0.4) is 0 Å². The van der Waals surface area contributed by atoms with E-state index in [-0.39, 0.29) is 17.7 Å². The predicted molar refractivity (Wildman–Crippen MR) is 124 cm³/mol. The number of ether oxygens (including phenoxy) is 1. The molecule has 11 nitrogen and oxygen atoms in total. The molecule has 11 heteroatoms. The maximum atomic E-state index is 13.6. The van der Waals surface area contributed by atoms with Gasteiger partial charge in [0.25, 0.3) is 5.91 Å². The number of esters is 1. The van der Waals surface area contributed by atoms with Gasteiger partial charge in [-0.05, 0) is 31.6 Å². The summed E-state index contributed by atoms with van der Waals surface area (Å²) in [5.41, 5.74) is 1.36. The van der Waals surface area contributed by atoms with Gasteiger partial charge in [0, 0.05) is 17.9 Å². The fourth-order valence-electron chi connectivity index (χ4n) is 5.93. The van der Waals surface area contributed by atoms with Gasteiger partial charge in [0.15, 0.2) is 11.4 Å². The minimum absolute atomic E-state index is 0.0754. The molecule has 0 heterocycles. The minimum atomic E-state index is -2.94. The first-order valence-electron chi connectivity index (χ1n) is 11.5. The molecule has 1 aromatic rings. The second kappa shape index (κ2) is 8.45. The summed E-state index contributed by atoms with van der Waals surface area (Å²) in [7, 11) is 2.99. The molecule has 4 rings (SSSR count). The van der Waals surface area contributed by atoms with Gasteiger partial charge < -0.3 is 30.9 Å². The molecular weight excluding hydrogens is 472 g/mol. The number of aliphatic hydroxyl groups excluding tert-OH is 2. The Labute approximate surface area is 206 Å². The van der Waals surface area contributed by atoms with Crippen molar-refractivity contribution in [3.63, 3.8) is 0 Å². The van der Waals surface area contributed by atoms with E-state index in [1.807, 2.05) is 0 Å². The lowest BCUT2D eigenvalue weighted by molar-refractivity contribution is -0.180. The third-order valence-electron chi connectivity index (χ3n) is 7.52. The summed E-state index contributed by atoms with van der Waals surface area (Å²) < 4.78 is 5.74. The number of phenolic OH excluding ortho intramolecular Hbond substituents is 1. The first-order chi connectivity index (χ1) is 16.8. The van der Waals surface area contributed by atoms with Crippen molar-refractivity contribution in [2.24, 2.45) is 17.6 Å². The van der Waals surface area contributed by atoms with Gasteiger partial charge in [0.1, 0.15) is 28.9 Å². The number of hydrogen-bond acceptors (Lipinski definition) is 10. The monoisotopic (exact) mass is 500 g/mol. The van der Waals surface area contributed by atoms with Crippen molar-refractivity contribution in [2.45, 2.75) is 43.9 Å². The summed E-state index contributed by atoms with van der Waals surface area (Å²) in [5, 5.41) is 44.7. The fourth-order valence-corrected chi connectivity index (χ4v) is 5.93. The molecule has 0 fully saturated rings. The summed E-state index contributed by atoms with van der Waals surface area (Å²) in [6, 6.07) is 3.14. The molecule has 0 saturated carbocycles. The number of hydrogen-bond donors (Lipinski definition) is 5. The topological polar surface area (TPSA) is 188 Å². The van der Waals surface area contributed by atoms with E-state index in [9.17, 15) is 39.6 Å². The van der Waals surface area contributed by atoms with E-state index in [1.165, 1.54) is 32.0 Å². The van der Waals surface area contributed by atoms with Gasteiger partial charge in [-0.2, -0.15) is 0 Å². The highest BCUT2D eigenvalue weighted by molar-refractivity contribution is 6.25. The van der Waals surface area contributed by atoms with Crippen molar-refractivity contribution >= 4 is 23.4 Å². The molecule has 0 saturated heterocycles. The standard InChI is InChI=1S/C25H28N2O9/c1-5-12(29)36-21-13-9(2)10-7-6-8-11(28)14(10)19(30)15(13)22(32)25(35)17(21)18(27(3)4)20(31)16(23(25)33)24(26)34/h6-9,13,17-18,21,28,31-32,35H,5H2,1-4H3,(H2,26,34)/t9?,13-,17-,18+,21+,25+/m1/s1. The molecule has 6 N–H and O–H groups in total. The Morgan fingerprint density at radius 3 is 2.36 bits per heavy atom. The fraction of sp³-hybridized carbons (Fsp3) is 0.440. The van der Waals surface area contributed by atoms with Crippen LogP contribution in [0.15, 0.2) is 40.9 Å². The van der Waals surface area contributed by atoms with Crippen LogP contribution in [0.25, 0.3) is 0 Å². The molecule has 0 bridgehead atoms. The lowest BCUT2D eigenvalue weighted by Crippen LogP contribution is -2.69. The number of carbonyl (C=O) groups is 4. The van der Waals surface area contributed by atoms with Gasteiger partial charge in [-0.1, -0.05) is 26.0 Å². The molecule has 0 aromatic heterocycles. The first-order valence-corrected chi connectivity index (χ1v) is 11.5. The zero-order chi connectivity index (χ0) is 26.9. The van der Waals surface area contributed by atoms with Crippen LogP contribution in [0.2, 0.25) is 0 Å². The Bertz CT molecular complexity index is 1260. The molecule has 0 radical (unpaired) electrons. The van der Waals surface area contributed by atoms with Crippen LogP contribution >= 0.6 is 0 Å². The lowest BCUT2D eigenvalue weighted by Gasteiger charge is -2.54. The highest BCUT2D eigenvalue weighted by atomic mass is 16.5. The maximum Gasteiger partial charge on any atom is 0.305 e. The molecule has 1 aromatic carbocycles. The predicted octanol–water partition coefficient (Wildman–Crippen LogP) is 0.613. The molecular formula is C25H28N2O9. The number of nitrogens with two attached hydrogens (primary N) is 1. The van der Waals surface area contributed by atoms with Crippen LogP contribution in [0.5, 0.6) is 5.75 Å². The number of Topliss-reactive ketones (excluding diaryl/α,β-unsaturated/α-hetero) is 2. The van der Waals surface area contributed by atoms with Crippen molar-refractivity contribution < 1.29 is 44.3 Å². The third-order valence-corrected chi connectivity index (χ3v) is 7.52.